The zero-order chi connectivity index (χ0) is 17.4. The van der Waals surface area contributed by atoms with Crippen molar-refractivity contribution in [3.8, 4) is 0 Å². The Morgan fingerprint density at radius 3 is 1.43 bits per heavy atom. The lowest BCUT2D eigenvalue weighted by atomic mass is 10.3. The molecular formula is C12H6Cl2N2O6S. The van der Waals surface area contributed by atoms with Gasteiger partial charge in [-0.2, -0.15) is 0 Å². The van der Waals surface area contributed by atoms with Gasteiger partial charge in [-0.1, -0.05) is 23.2 Å². The van der Waals surface area contributed by atoms with Gasteiger partial charge in [0.1, 0.15) is 10.0 Å². The first kappa shape index (κ1) is 17.1. The van der Waals surface area contributed by atoms with Crippen LogP contribution in [0.1, 0.15) is 0 Å². The highest BCUT2D eigenvalue weighted by Crippen LogP contribution is 2.33. The molecule has 2 rings (SSSR count). The van der Waals surface area contributed by atoms with E-state index < -0.39 is 40.8 Å². The summed E-state index contributed by atoms with van der Waals surface area (Å²) in [4.78, 5) is 19.2. The highest BCUT2D eigenvalue weighted by Gasteiger charge is 2.25. The number of nitro benzene ring substituents is 2. The van der Waals surface area contributed by atoms with E-state index >= 15 is 0 Å². The molecule has 0 saturated carbocycles. The summed E-state index contributed by atoms with van der Waals surface area (Å²) in [5, 5.41) is 21.2. The number of sulfone groups is 1. The van der Waals surface area contributed by atoms with E-state index in [1.807, 2.05) is 0 Å². The number of nitrogens with zero attached hydrogens (tertiary/aromatic N) is 2. The lowest BCUT2D eigenvalue weighted by molar-refractivity contribution is -0.385. The lowest BCUT2D eigenvalue weighted by Crippen LogP contribution is -2.04. The first-order valence-corrected chi connectivity index (χ1v) is 8.01. The number of hydrogen-bond acceptors (Lipinski definition) is 6. The van der Waals surface area contributed by atoms with Crippen LogP contribution in [-0.4, -0.2) is 18.3 Å². The summed E-state index contributed by atoms with van der Waals surface area (Å²) >= 11 is 11.3. The van der Waals surface area contributed by atoms with Crippen molar-refractivity contribution in [3.05, 3.63) is 66.7 Å². The maximum atomic E-state index is 12.5. The van der Waals surface area contributed by atoms with Crippen molar-refractivity contribution in [2.24, 2.45) is 0 Å². The molecule has 0 heterocycles. The van der Waals surface area contributed by atoms with Gasteiger partial charge >= 0.3 is 0 Å². The van der Waals surface area contributed by atoms with E-state index in [1.54, 1.807) is 0 Å². The van der Waals surface area contributed by atoms with Gasteiger partial charge in [0.25, 0.3) is 11.4 Å². The van der Waals surface area contributed by atoms with E-state index in [0.29, 0.717) is 0 Å². The third-order valence-electron chi connectivity index (χ3n) is 2.85. The zero-order valence-electron chi connectivity index (χ0n) is 11.0. The molecule has 120 valence electrons. The highest BCUT2D eigenvalue weighted by molar-refractivity contribution is 7.91. The summed E-state index contributed by atoms with van der Waals surface area (Å²) in [6.07, 6.45) is 0. The largest absolute Gasteiger partial charge is 0.289 e. The maximum absolute atomic E-state index is 12.5. The Kier molecular flexibility index (Phi) is 4.55. The number of halogens is 2. The van der Waals surface area contributed by atoms with Crippen molar-refractivity contribution >= 4 is 44.4 Å². The van der Waals surface area contributed by atoms with Gasteiger partial charge in [0, 0.05) is 12.1 Å². The SMILES string of the molecule is O=[N+]([O-])c1cc(S(=O)(=O)c2ccc(Cl)c([N+](=O)[O-])c2)ccc1Cl. The lowest BCUT2D eigenvalue weighted by Gasteiger charge is -2.06. The Hall–Kier alpha value is -2.23. The van der Waals surface area contributed by atoms with Crippen LogP contribution in [0, 0.1) is 20.2 Å². The smallest absolute Gasteiger partial charge is 0.258 e. The van der Waals surface area contributed by atoms with Crippen molar-refractivity contribution in [2.45, 2.75) is 9.79 Å². The average molecular weight is 377 g/mol. The van der Waals surface area contributed by atoms with E-state index in [4.69, 9.17) is 23.2 Å². The Bertz CT molecular complexity index is 860. The zero-order valence-corrected chi connectivity index (χ0v) is 13.3. The Morgan fingerprint density at radius 1 is 0.783 bits per heavy atom. The number of benzene rings is 2. The van der Waals surface area contributed by atoms with Gasteiger partial charge in [0.05, 0.1) is 19.6 Å². The van der Waals surface area contributed by atoms with Crippen LogP contribution in [0.2, 0.25) is 10.0 Å². The standard InChI is InChI=1S/C12H6Cl2N2O6S/c13-9-3-1-7(5-11(9)15(17)18)23(21,22)8-2-4-10(14)12(6-8)16(19)20/h1-6H. The second kappa shape index (κ2) is 6.11. The molecule has 23 heavy (non-hydrogen) atoms. The van der Waals surface area contributed by atoms with Gasteiger partial charge in [-0.15, -0.1) is 0 Å². The third kappa shape index (κ3) is 3.26. The van der Waals surface area contributed by atoms with Gasteiger partial charge in [-0.25, -0.2) is 8.42 Å². The second-order valence-electron chi connectivity index (χ2n) is 4.24. The summed E-state index contributed by atoms with van der Waals surface area (Å²) in [7, 11) is -4.21. The molecule has 8 nitrogen and oxygen atoms in total. The molecule has 0 amide bonds. The quantitative estimate of drug-likeness (QED) is 0.592. The summed E-state index contributed by atoms with van der Waals surface area (Å²) in [5.74, 6) is 0. The fraction of sp³-hybridized carbons (Fsp3) is 0. The predicted octanol–water partition coefficient (Wildman–Crippen LogP) is 3.64. The number of rotatable bonds is 4. The van der Waals surface area contributed by atoms with Gasteiger partial charge in [-0.05, 0) is 24.3 Å². The second-order valence-corrected chi connectivity index (χ2v) is 7.01. The van der Waals surface area contributed by atoms with Crippen molar-refractivity contribution in [1.82, 2.24) is 0 Å². The average Bonchev–Trinajstić information content (AvgIpc) is 2.47. The molecule has 0 atom stereocenters. The highest BCUT2D eigenvalue weighted by atomic mass is 35.5. The van der Waals surface area contributed by atoms with Gasteiger partial charge in [-0.3, -0.25) is 20.2 Å². The first-order valence-electron chi connectivity index (χ1n) is 5.77. The van der Waals surface area contributed by atoms with E-state index in [-0.39, 0.29) is 10.0 Å². The predicted molar refractivity (Wildman–Crippen MR) is 81.7 cm³/mol. The molecule has 0 unspecified atom stereocenters. The normalized spacial score (nSPS) is 11.2. The van der Waals surface area contributed by atoms with Crippen LogP contribution in [0.4, 0.5) is 11.4 Å². The van der Waals surface area contributed by atoms with Crippen molar-refractivity contribution in [2.75, 3.05) is 0 Å². The van der Waals surface area contributed by atoms with Gasteiger partial charge in [0.15, 0.2) is 0 Å². The van der Waals surface area contributed by atoms with Crippen molar-refractivity contribution in [3.63, 3.8) is 0 Å². The molecule has 0 aliphatic rings. The maximum Gasteiger partial charge on any atom is 0.289 e. The fourth-order valence-corrected chi connectivity index (χ4v) is 3.41. The summed E-state index contributed by atoms with van der Waals surface area (Å²) in [6.45, 7) is 0. The third-order valence-corrected chi connectivity index (χ3v) is 5.24. The molecule has 0 radical (unpaired) electrons. The molecule has 2 aromatic rings. The summed E-state index contributed by atoms with van der Waals surface area (Å²) in [5.41, 5.74) is -1.17. The van der Waals surface area contributed by atoms with Crippen molar-refractivity contribution in [1.29, 1.82) is 0 Å². The van der Waals surface area contributed by atoms with Gasteiger partial charge < -0.3 is 0 Å². The fourth-order valence-electron chi connectivity index (χ4n) is 1.74. The molecule has 11 heteroatoms. The van der Waals surface area contributed by atoms with Crippen LogP contribution in [0.15, 0.2) is 46.2 Å². The van der Waals surface area contributed by atoms with Crippen LogP contribution >= 0.6 is 23.2 Å². The van der Waals surface area contributed by atoms with Crippen LogP contribution in [-0.2, 0) is 9.84 Å². The Labute approximate surface area is 139 Å². The number of nitro groups is 2. The summed E-state index contributed by atoms with van der Waals surface area (Å²) < 4.78 is 24.9. The van der Waals surface area contributed by atoms with E-state index in [9.17, 15) is 28.6 Å². The molecule has 0 aliphatic carbocycles. The topological polar surface area (TPSA) is 120 Å². The molecule has 0 fully saturated rings. The molecular weight excluding hydrogens is 371 g/mol. The minimum atomic E-state index is -4.21. The molecule has 0 bridgehead atoms. The molecule has 0 N–H and O–H groups in total. The minimum Gasteiger partial charge on any atom is -0.258 e. The van der Waals surface area contributed by atoms with Crippen LogP contribution in [0.25, 0.3) is 0 Å². The van der Waals surface area contributed by atoms with Crippen LogP contribution in [0.5, 0.6) is 0 Å². The molecule has 0 aliphatic heterocycles. The van der Waals surface area contributed by atoms with E-state index in [1.165, 1.54) is 0 Å². The molecule has 0 spiro atoms. The number of hydrogen-bond donors (Lipinski definition) is 0. The Balaban J connectivity index is 2.64. The van der Waals surface area contributed by atoms with Crippen LogP contribution < -0.4 is 0 Å². The first-order chi connectivity index (χ1) is 10.6. The minimum absolute atomic E-state index is 0.226. The Morgan fingerprint density at radius 2 is 1.13 bits per heavy atom. The molecule has 2 aromatic carbocycles. The molecule has 0 saturated heterocycles. The van der Waals surface area contributed by atoms with Crippen LogP contribution in [0.3, 0.4) is 0 Å². The monoisotopic (exact) mass is 376 g/mol. The van der Waals surface area contributed by atoms with Gasteiger partial charge in [0.2, 0.25) is 9.84 Å². The molecule has 0 aromatic heterocycles. The summed E-state index contributed by atoms with van der Waals surface area (Å²) in [6, 6.07) is 5.86. The van der Waals surface area contributed by atoms with Crippen molar-refractivity contribution < 1.29 is 18.3 Å². The van der Waals surface area contributed by atoms with E-state index in [0.717, 1.165) is 36.4 Å². The van der Waals surface area contributed by atoms with E-state index in [2.05, 4.69) is 0 Å².